The number of hydrogen-bond acceptors (Lipinski definition) is 6. The minimum absolute atomic E-state index is 0.0266. The van der Waals surface area contributed by atoms with Gasteiger partial charge >= 0.3 is 6.36 Å². The summed E-state index contributed by atoms with van der Waals surface area (Å²) in [6.45, 7) is 1.29. The molecule has 1 amide bonds. The van der Waals surface area contributed by atoms with E-state index in [1.54, 1.807) is 6.07 Å². The predicted molar refractivity (Wildman–Crippen MR) is 118 cm³/mol. The van der Waals surface area contributed by atoms with Crippen LogP contribution in [-0.2, 0) is 0 Å². The number of aromatic nitrogens is 2. The second-order valence-corrected chi connectivity index (χ2v) is 7.86. The second-order valence-electron chi connectivity index (χ2n) is 7.86. The molecule has 11 heteroatoms. The second kappa shape index (κ2) is 9.64. The quantitative estimate of drug-likeness (QED) is 0.533. The maximum atomic E-state index is 13.9. The van der Waals surface area contributed by atoms with Crippen molar-refractivity contribution in [3.63, 3.8) is 0 Å². The van der Waals surface area contributed by atoms with Gasteiger partial charge in [0.25, 0.3) is 5.91 Å². The van der Waals surface area contributed by atoms with Gasteiger partial charge in [0.2, 0.25) is 0 Å². The molecule has 1 unspecified atom stereocenters. The molecule has 1 fully saturated rings. The van der Waals surface area contributed by atoms with E-state index in [1.807, 2.05) is 4.90 Å². The first kappa shape index (κ1) is 23.4. The fraction of sp³-hybridized carbons (Fsp3) is 0.261. The molecule has 0 spiro atoms. The average molecular weight is 475 g/mol. The van der Waals surface area contributed by atoms with Gasteiger partial charge in [-0.1, -0.05) is 0 Å². The SMILES string of the molecule is NC1CCCN(c2ncc(C(=O)Nc3ccc(OC(F)(F)F)cc3)cc2-c2cncc(F)c2)C1. The molecular weight excluding hydrogens is 454 g/mol. The van der Waals surface area contributed by atoms with Crippen LogP contribution in [0.15, 0.2) is 55.0 Å². The van der Waals surface area contributed by atoms with Gasteiger partial charge in [0.1, 0.15) is 17.4 Å². The van der Waals surface area contributed by atoms with Gasteiger partial charge in [0.05, 0.1) is 11.8 Å². The number of rotatable bonds is 5. The average Bonchev–Trinajstić information content (AvgIpc) is 2.79. The summed E-state index contributed by atoms with van der Waals surface area (Å²) in [5, 5.41) is 2.61. The molecule has 1 aliphatic heterocycles. The summed E-state index contributed by atoms with van der Waals surface area (Å²) in [6.07, 6.45) is 0.909. The third-order valence-corrected chi connectivity index (χ3v) is 5.25. The van der Waals surface area contributed by atoms with E-state index in [9.17, 15) is 22.4 Å². The van der Waals surface area contributed by atoms with E-state index in [1.165, 1.54) is 30.6 Å². The molecule has 0 aliphatic carbocycles. The van der Waals surface area contributed by atoms with Gasteiger partial charge < -0.3 is 20.7 Å². The van der Waals surface area contributed by atoms with Crippen LogP contribution in [-0.4, -0.2) is 41.4 Å². The van der Waals surface area contributed by atoms with Crippen molar-refractivity contribution in [2.75, 3.05) is 23.3 Å². The first-order chi connectivity index (χ1) is 16.2. The molecule has 1 aromatic carbocycles. The minimum atomic E-state index is -4.81. The van der Waals surface area contributed by atoms with Crippen LogP contribution < -0.4 is 20.7 Å². The van der Waals surface area contributed by atoms with Crippen LogP contribution in [0.4, 0.5) is 29.1 Å². The van der Waals surface area contributed by atoms with Crippen LogP contribution in [0.2, 0.25) is 0 Å². The Morgan fingerprint density at radius 3 is 2.59 bits per heavy atom. The Balaban J connectivity index is 1.60. The number of amides is 1. The molecule has 1 saturated heterocycles. The van der Waals surface area contributed by atoms with E-state index in [0.717, 1.165) is 31.2 Å². The molecule has 178 valence electrons. The zero-order valence-electron chi connectivity index (χ0n) is 17.8. The highest BCUT2D eigenvalue weighted by atomic mass is 19.4. The molecule has 0 saturated carbocycles. The van der Waals surface area contributed by atoms with Crippen LogP contribution in [0, 0.1) is 5.82 Å². The Morgan fingerprint density at radius 2 is 1.91 bits per heavy atom. The lowest BCUT2D eigenvalue weighted by atomic mass is 10.0. The zero-order valence-corrected chi connectivity index (χ0v) is 17.8. The number of anilines is 2. The van der Waals surface area contributed by atoms with Crippen molar-refractivity contribution < 1.29 is 27.1 Å². The molecule has 4 rings (SSSR count). The molecule has 1 aliphatic rings. The van der Waals surface area contributed by atoms with Crippen molar-refractivity contribution in [2.45, 2.75) is 25.2 Å². The number of benzene rings is 1. The van der Waals surface area contributed by atoms with Crippen molar-refractivity contribution >= 4 is 17.4 Å². The number of pyridine rings is 2. The molecule has 3 N–H and O–H groups in total. The molecule has 1 atom stereocenters. The van der Waals surface area contributed by atoms with E-state index in [0.29, 0.717) is 30.0 Å². The van der Waals surface area contributed by atoms with Gasteiger partial charge in [-0.15, -0.1) is 13.2 Å². The van der Waals surface area contributed by atoms with E-state index < -0.39 is 23.8 Å². The minimum Gasteiger partial charge on any atom is -0.406 e. The summed E-state index contributed by atoms with van der Waals surface area (Å²) in [6, 6.07) is 7.61. The molecule has 0 radical (unpaired) electrons. The highest BCUT2D eigenvalue weighted by Gasteiger charge is 2.31. The molecular formula is C23H21F4N5O2. The summed E-state index contributed by atoms with van der Waals surface area (Å²) in [5.41, 5.74) is 7.52. The molecule has 0 bridgehead atoms. The van der Waals surface area contributed by atoms with E-state index >= 15 is 0 Å². The Bertz CT molecular complexity index is 1170. The third-order valence-electron chi connectivity index (χ3n) is 5.25. The topological polar surface area (TPSA) is 93.4 Å². The molecule has 3 heterocycles. The normalized spacial score (nSPS) is 16.3. The van der Waals surface area contributed by atoms with E-state index in [-0.39, 0.29) is 17.3 Å². The lowest BCUT2D eigenvalue weighted by molar-refractivity contribution is -0.274. The standard InChI is InChI=1S/C23H21F4N5O2/c24-16-8-14(10-29-12-16)20-9-15(11-30-21(20)32-7-1-2-17(28)13-32)22(33)31-18-3-5-19(6-4-18)34-23(25,26)27/h3-6,8-12,17H,1-2,7,13,28H2,(H,31,33). The number of nitrogens with one attached hydrogen (secondary N) is 1. The first-order valence-electron chi connectivity index (χ1n) is 10.5. The van der Waals surface area contributed by atoms with E-state index in [4.69, 9.17) is 5.73 Å². The number of nitrogens with zero attached hydrogens (tertiary/aromatic N) is 3. The van der Waals surface area contributed by atoms with Crippen molar-refractivity contribution in [1.82, 2.24) is 9.97 Å². The Morgan fingerprint density at radius 1 is 1.15 bits per heavy atom. The number of carbonyl (C=O) groups excluding carboxylic acids is 1. The van der Waals surface area contributed by atoms with Gasteiger partial charge in [-0.05, 0) is 49.2 Å². The summed E-state index contributed by atoms with van der Waals surface area (Å²) in [7, 11) is 0. The summed E-state index contributed by atoms with van der Waals surface area (Å²) >= 11 is 0. The van der Waals surface area contributed by atoms with Crippen molar-refractivity contribution in [2.24, 2.45) is 5.73 Å². The predicted octanol–water partition coefficient (Wildman–Crippen LogP) is 4.36. The van der Waals surface area contributed by atoms with Crippen molar-refractivity contribution in [1.29, 1.82) is 0 Å². The number of hydrogen-bond donors (Lipinski definition) is 2. The van der Waals surface area contributed by atoms with Crippen molar-refractivity contribution in [3.8, 4) is 16.9 Å². The number of alkyl halides is 3. The summed E-state index contributed by atoms with van der Waals surface area (Å²) in [4.78, 5) is 23.2. The lowest BCUT2D eigenvalue weighted by Gasteiger charge is -2.33. The van der Waals surface area contributed by atoms with Crippen LogP contribution in [0.5, 0.6) is 5.75 Å². The Hall–Kier alpha value is -3.73. The first-order valence-corrected chi connectivity index (χ1v) is 10.5. The van der Waals surface area contributed by atoms with Crippen LogP contribution in [0.1, 0.15) is 23.2 Å². The number of halogens is 4. The monoisotopic (exact) mass is 475 g/mol. The number of piperidine rings is 1. The van der Waals surface area contributed by atoms with Gasteiger partial charge in [0.15, 0.2) is 0 Å². The summed E-state index contributed by atoms with van der Waals surface area (Å²) in [5.74, 6) is -0.913. The van der Waals surface area contributed by atoms with Gasteiger partial charge in [-0.2, -0.15) is 0 Å². The molecule has 2 aromatic heterocycles. The van der Waals surface area contributed by atoms with E-state index in [2.05, 4.69) is 20.0 Å². The fourth-order valence-corrected chi connectivity index (χ4v) is 3.75. The van der Waals surface area contributed by atoms with Crippen LogP contribution >= 0.6 is 0 Å². The van der Waals surface area contributed by atoms with Gasteiger partial charge in [-0.3, -0.25) is 9.78 Å². The van der Waals surface area contributed by atoms with Gasteiger partial charge in [-0.25, -0.2) is 9.37 Å². The van der Waals surface area contributed by atoms with Crippen molar-refractivity contribution in [3.05, 3.63) is 66.4 Å². The molecule has 3 aromatic rings. The summed E-state index contributed by atoms with van der Waals surface area (Å²) < 4.78 is 54.7. The molecule has 34 heavy (non-hydrogen) atoms. The van der Waals surface area contributed by atoms with Gasteiger partial charge in [0, 0.05) is 48.3 Å². The third kappa shape index (κ3) is 5.79. The van der Waals surface area contributed by atoms with Crippen LogP contribution in [0.25, 0.3) is 11.1 Å². The maximum absolute atomic E-state index is 13.9. The highest BCUT2D eigenvalue weighted by molar-refractivity contribution is 6.05. The largest absolute Gasteiger partial charge is 0.573 e. The smallest absolute Gasteiger partial charge is 0.406 e. The molecule has 7 nitrogen and oxygen atoms in total. The number of carbonyl (C=O) groups is 1. The Labute approximate surface area is 192 Å². The number of ether oxygens (including phenoxy) is 1. The maximum Gasteiger partial charge on any atom is 0.573 e. The number of nitrogens with two attached hydrogens (primary N) is 1. The highest BCUT2D eigenvalue weighted by Crippen LogP contribution is 2.32. The lowest BCUT2D eigenvalue weighted by Crippen LogP contribution is -2.43. The van der Waals surface area contributed by atoms with Crippen LogP contribution in [0.3, 0.4) is 0 Å². The fourth-order valence-electron chi connectivity index (χ4n) is 3.75. The Kier molecular flexibility index (Phi) is 6.64. The zero-order chi connectivity index (χ0) is 24.3.